The molecule has 0 aliphatic carbocycles. The highest BCUT2D eigenvalue weighted by Gasteiger charge is 2.20. The molecule has 1 fully saturated rings. The molecule has 1 amide bonds. The Labute approximate surface area is 187 Å². The standard InChI is InChI=1S/C24H27N5O3/c30-23(26-20-6-7-21-22(16-20)32-18-31-21)17-28-12-10-27(11-13-28)14-15-29-9-8-25-24(29)19-4-2-1-3-5-19/h1-9,16H,10-15,17-18H2,(H,26,30). The second-order valence-electron chi connectivity index (χ2n) is 8.04. The molecule has 32 heavy (non-hydrogen) atoms. The molecule has 1 N–H and O–H groups in total. The van der Waals surface area contributed by atoms with Crippen LogP contribution in [0.2, 0.25) is 0 Å². The smallest absolute Gasteiger partial charge is 0.238 e. The third-order valence-corrected chi connectivity index (χ3v) is 5.89. The van der Waals surface area contributed by atoms with Crippen LogP contribution in [0.1, 0.15) is 0 Å². The SMILES string of the molecule is O=C(CN1CCN(CCn2ccnc2-c2ccccc2)CC1)Nc1ccc2c(c1)OCO2. The second-order valence-corrected chi connectivity index (χ2v) is 8.04. The van der Waals surface area contributed by atoms with E-state index >= 15 is 0 Å². The fraction of sp³-hybridized carbons (Fsp3) is 0.333. The lowest BCUT2D eigenvalue weighted by Gasteiger charge is -2.34. The summed E-state index contributed by atoms with van der Waals surface area (Å²) in [6.45, 7) is 6.14. The molecule has 1 aromatic heterocycles. The quantitative estimate of drug-likeness (QED) is 0.618. The lowest BCUT2D eigenvalue weighted by atomic mass is 10.2. The number of anilines is 1. The van der Waals surface area contributed by atoms with Gasteiger partial charge in [-0.3, -0.25) is 14.6 Å². The number of imidazole rings is 1. The van der Waals surface area contributed by atoms with Crippen LogP contribution < -0.4 is 14.8 Å². The molecular weight excluding hydrogens is 406 g/mol. The number of aromatic nitrogens is 2. The van der Waals surface area contributed by atoms with Gasteiger partial charge in [0, 0.05) is 69.0 Å². The number of rotatable bonds is 7. The molecule has 0 saturated carbocycles. The number of hydrogen-bond donors (Lipinski definition) is 1. The lowest BCUT2D eigenvalue weighted by molar-refractivity contribution is -0.117. The van der Waals surface area contributed by atoms with Crippen molar-refractivity contribution in [1.29, 1.82) is 0 Å². The van der Waals surface area contributed by atoms with Gasteiger partial charge in [-0.1, -0.05) is 30.3 Å². The highest BCUT2D eigenvalue weighted by Crippen LogP contribution is 2.34. The van der Waals surface area contributed by atoms with Crippen LogP contribution >= 0.6 is 0 Å². The van der Waals surface area contributed by atoms with Gasteiger partial charge >= 0.3 is 0 Å². The van der Waals surface area contributed by atoms with Crippen molar-refractivity contribution in [2.45, 2.75) is 6.54 Å². The number of hydrogen-bond acceptors (Lipinski definition) is 6. The molecule has 0 spiro atoms. The monoisotopic (exact) mass is 433 g/mol. The summed E-state index contributed by atoms with van der Waals surface area (Å²) in [5.41, 5.74) is 1.86. The molecule has 3 heterocycles. The van der Waals surface area contributed by atoms with Crippen molar-refractivity contribution in [2.75, 3.05) is 51.4 Å². The molecule has 0 atom stereocenters. The first-order chi connectivity index (χ1) is 15.7. The van der Waals surface area contributed by atoms with Crippen molar-refractivity contribution in [3.8, 4) is 22.9 Å². The summed E-state index contributed by atoms with van der Waals surface area (Å²) < 4.78 is 12.9. The number of benzene rings is 2. The number of ether oxygens (including phenoxy) is 2. The number of amides is 1. The summed E-state index contributed by atoms with van der Waals surface area (Å²) in [6.07, 6.45) is 3.90. The fourth-order valence-corrected chi connectivity index (χ4v) is 4.14. The van der Waals surface area contributed by atoms with Crippen LogP contribution in [-0.2, 0) is 11.3 Å². The van der Waals surface area contributed by atoms with E-state index in [0.29, 0.717) is 18.0 Å². The summed E-state index contributed by atoms with van der Waals surface area (Å²) >= 11 is 0. The molecule has 0 unspecified atom stereocenters. The van der Waals surface area contributed by atoms with Crippen molar-refractivity contribution in [3.63, 3.8) is 0 Å². The maximum absolute atomic E-state index is 12.5. The van der Waals surface area contributed by atoms with Crippen LogP contribution in [0.15, 0.2) is 60.9 Å². The third-order valence-electron chi connectivity index (χ3n) is 5.89. The van der Waals surface area contributed by atoms with E-state index in [-0.39, 0.29) is 12.7 Å². The zero-order chi connectivity index (χ0) is 21.8. The zero-order valence-electron chi connectivity index (χ0n) is 17.9. The number of carbonyl (C=O) groups excluding carboxylic acids is 1. The minimum atomic E-state index is -0.0109. The van der Waals surface area contributed by atoms with Crippen molar-refractivity contribution >= 4 is 11.6 Å². The van der Waals surface area contributed by atoms with Gasteiger partial charge < -0.3 is 19.4 Å². The van der Waals surface area contributed by atoms with Crippen LogP contribution in [0.4, 0.5) is 5.69 Å². The van der Waals surface area contributed by atoms with Gasteiger partial charge in [0.25, 0.3) is 0 Å². The van der Waals surface area contributed by atoms with Crippen molar-refractivity contribution < 1.29 is 14.3 Å². The van der Waals surface area contributed by atoms with Gasteiger partial charge in [-0.05, 0) is 12.1 Å². The molecule has 2 aliphatic rings. The minimum Gasteiger partial charge on any atom is -0.454 e. The van der Waals surface area contributed by atoms with E-state index in [1.54, 1.807) is 6.07 Å². The number of piperazine rings is 1. The van der Waals surface area contributed by atoms with Crippen molar-refractivity contribution in [2.24, 2.45) is 0 Å². The maximum Gasteiger partial charge on any atom is 0.238 e. The van der Waals surface area contributed by atoms with E-state index in [9.17, 15) is 4.79 Å². The van der Waals surface area contributed by atoms with Gasteiger partial charge in [-0.2, -0.15) is 0 Å². The van der Waals surface area contributed by atoms with E-state index < -0.39 is 0 Å². The molecule has 1 saturated heterocycles. The molecule has 166 valence electrons. The topological polar surface area (TPSA) is 71.9 Å². The highest BCUT2D eigenvalue weighted by molar-refractivity contribution is 5.92. The van der Waals surface area contributed by atoms with Gasteiger partial charge in [0.2, 0.25) is 12.7 Å². The van der Waals surface area contributed by atoms with Gasteiger partial charge in [0.15, 0.2) is 11.5 Å². The van der Waals surface area contributed by atoms with Gasteiger partial charge in [-0.25, -0.2) is 4.98 Å². The number of carbonyl (C=O) groups is 1. The van der Waals surface area contributed by atoms with E-state index in [4.69, 9.17) is 9.47 Å². The van der Waals surface area contributed by atoms with Crippen LogP contribution in [0.25, 0.3) is 11.4 Å². The summed E-state index contributed by atoms with van der Waals surface area (Å²) in [7, 11) is 0. The minimum absolute atomic E-state index is 0.0109. The van der Waals surface area contributed by atoms with Crippen LogP contribution in [0.3, 0.4) is 0 Å². The van der Waals surface area contributed by atoms with Crippen LogP contribution in [0, 0.1) is 0 Å². The number of nitrogens with one attached hydrogen (secondary N) is 1. The Bertz CT molecular complexity index is 1060. The zero-order valence-corrected chi connectivity index (χ0v) is 17.9. The van der Waals surface area contributed by atoms with Crippen LogP contribution in [-0.4, -0.2) is 71.3 Å². The first-order valence-corrected chi connectivity index (χ1v) is 11.0. The average molecular weight is 434 g/mol. The molecule has 3 aromatic rings. The Kier molecular flexibility index (Phi) is 6.04. The molecule has 0 bridgehead atoms. The Morgan fingerprint density at radius 2 is 1.72 bits per heavy atom. The van der Waals surface area contributed by atoms with E-state index in [1.807, 2.05) is 42.7 Å². The number of fused-ring (bicyclic) bond motifs is 1. The molecule has 8 heteroatoms. The molecule has 0 radical (unpaired) electrons. The Morgan fingerprint density at radius 3 is 2.56 bits per heavy atom. The predicted octanol–water partition coefficient (Wildman–Crippen LogP) is 2.54. The average Bonchev–Trinajstić information content (AvgIpc) is 3.48. The fourth-order valence-electron chi connectivity index (χ4n) is 4.14. The molecule has 5 rings (SSSR count). The first kappa shape index (κ1) is 20.5. The Morgan fingerprint density at radius 1 is 0.938 bits per heavy atom. The molecule has 2 aromatic carbocycles. The summed E-state index contributed by atoms with van der Waals surface area (Å²) in [6, 6.07) is 15.7. The molecular formula is C24H27N5O3. The van der Waals surface area contributed by atoms with Gasteiger partial charge in [-0.15, -0.1) is 0 Å². The van der Waals surface area contributed by atoms with Gasteiger partial charge in [0.05, 0.1) is 6.54 Å². The van der Waals surface area contributed by atoms with Crippen molar-refractivity contribution in [3.05, 3.63) is 60.9 Å². The first-order valence-electron chi connectivity index (χ1n) is 11.0. The summed E-state index contributed by atoms with van der Waals surface area (Å²) in [5, 5.41) is 2.96. The largest absolute Gasteiger partial charge is 0.454 e. The summed E-state index contributed by atoms with van der Waals surface area (Å²) in [5.74, 6) is 2.38. The molecule has 8 nitrogen and oxygen atoms in total. The summed E-state index contributed by atoms with van der Waals surface area (Å²) in [4.78, 5) is 21.6. The Hall–Kier alpha value is -3.36. The third kappa shape index (κ3) is 4.76. The van der Waals surface area contributed by atoms with Gasteiger partial charge in [0.1, 0.15) is 5.82 Å². The Balaban J connectivity index is 1.07. The van der Waals surface area contributed by atoms with E-state index in [1.165, 1.54) is 0 Å². The van der Waals surface area contributed by atoms with Crippen molar-refractivity contribution in [1.82, 2.24) is 19.4 Å². The lowest BCUT2D eigenvalue weighted by Crippen LogP contribution is -2.49. The molecule has 2 aliphatic heterocycles. The van der Waals surface area contributed by atoms with Crippen LogP contribution in [0.5, 0.6) is 11.5 Å². The predicted molar refractivity (Wildman–Crippen MR) is 122 cm³/mol. The maximum atomic E-state index is 12.5. The normalized spacial score (nSPS) is 16.2. The van der Waals surface area contributed by atoms with E-state index in [2.05, 4.69) is 36.8 Å². The number of nitrogens with zero attached hydrogens (tertiary/aromatic N) is 4. The highest BCUT2D eigenvalue weighted by atomic mass is 16.7. The van der Waals surface area contributed by atoms with E-state index in [0.717, 1.165) is 56.3 Å². The second kappa shape index (κ2) is 9.42.